The highest BCUT2D eigenvalue weighted by atomic mass is 31.2. The van der Waals surface area contributed by atoms with Crippen molar-refractivity contribution in [2.45, 2.75) is 200 Å². The Balaban J connectivity index is 4.25. The SMILES string of the molecule is CC/C=C\C/C=C\C/C=C\C/C=C\C/C=C\C/C=C\CCCCCCCCCCCCC(=O)OC(COC(=O)CCCCCC/C=C\C/C=C\C/C=C\C/C=C\CC)COP(=O)([O-])OCC[N+](C)(C)C. The zero-order valence-electron chi connectivity index (χ0n) is 44.9. The van der Waals surface area contributed by atoms with Crippen LogP contribution in [0.25, 0.3) is 0 Å². The first-order chi connectivity index (χ1) is 34.0. The number of carbonyl (C=O) groups excluding carboxylic acids is 2. The highest BCUT2D eigenvalue weighted by Crippen LogP contribution is 2.38. The fraction of sp³-hybridized carbons (Fsp3) is 0.633. The summed E-state index contributed by atoms with van der Waals surface area (Å²) in [7, 11) is 1.13. The Morgan fingerprint density at radius 3 is 1.14 bits per heavy atom. The number of allylic oxidation sites excluding steroid dienone is 20. The molecule has 9 nitrogen and oxygen atoms in total. The fourth-order valence-corrected chi connectivity index (χ4v) is 7.55. The lowest BCUT2D eigenvalue weighted by Crippen LogP contribution is -2.37. The summed E-state index contributed by atoms with van der Waals surface area (Å²) in [6.45, 7) is 3.95. The molecule has 0 saturated heterocycles. The van der Waals surface area contributed by atoms with Crippen molar-refractivity contribution in [1.29, 1.82) is 0 Å². The Morgan fingerprint density at radius 1 is 0.443 bits per heavy atom. The first-order valence-corrected chi connectivity index (χ1v) is 28.7. The Morgan fingerprint density at radius 2 is 0.771 bits per heavy atom. The predicted octanol–water partition coefficient (Wildman–Crippen LogP) is 16.2. The van der Waals surface area contributed by atoms with E-state index in [0.29, 0.717) is 23.9 Å². The molecule has 0 heterocycles. The van der Waals surface area contributed by atoms with E-state index in [-0.39, 0.29) is 26.1 Å². The average molecular weight is 994 g/mol. The minimum absolute atomic E-state index is 0.0428. The Labute approximate surface area is 428 Å². The molecule has 10 heteroatoms. The molecule has 0 amide bonds. The van der Waals surface area contributed by atoms with Crippen molar-refractivity contribution in [2.24, 2.45) is 0 Å². The number of phosphoric ester groups is 1. The van der Waals surface area contributed by atoms with Gasteiger partial charge < -0.3 is 27.9 Å². The van der Waals surface area contributed by atoms with Gasteiger partial charge in [-0.2, -0.15) is 0 Å². The van der Waals surface area contributed by atoms with Crippen LogP contribution in [-0.2, 0) is 32.7 Å². The van der Waals surface area contributed by atoms with Crippen LogP contribution in [0.15, 0.2) is 122 Å². The standard InChI is InChI=1S/C60H100NO8P/c1-6-8-10-12-14-16-18-20-22-24-25-26-27-28-29-30-31-32-33-34-35-37-39-41-43-45-47-49-51-53-60(63)69-58(57-68-70(64,65)67-55-54-61(3,4)5)56-66-59(62)52-50-48-46-44-42-40-38-36-23-21-19-17-15-13-11-9-7-2/h8-11,14-17,20-23,25-26,28-29,31-32,38,40,58H,6-7,12-13,18-19,24,27,30,33-37,39,41-57H2,1-5H3/b10-8-,11-9-,16-14-,17-15-,22-20-,23-21-,26-25-,29-28-,32-31-,40-38-. The second-order valence-corrected chi connectivity index (χ2v) is 20.2. The quantitative estimate of drug-likeness (QED) is 0.0195. The first kappa shape index (κ1) is 66.4. The van der Waals surface area contributed by atoms with Crippen LogP contribution < -0.4 is 4.89 Å². The van der Waals surface area contributed by atoms with Crippen molar-refractivity contribution in [1.82, 2.24) is 0 Å². The van der Waals surface area contributed by atoms with E-state index in [1.165, 1.54) is 38.5 Å². The molecule has 0 saturated carbocycles. The number of rotatable bonds is 48. The predicted molar refractivity (Wildman–Crippen MR) is 295 cm³/mol. The van der Waals surface area contributed by atoms with E-state index < -0.39 is 32.5 Å². The molecule has 0 aromatic carbocycles. The summed E-state index contributed by atoms with van der Waals surface area (Å²) in [4.78, 5) is 37.8. The van der Waals surface area contributed by atoms with Gasteiger partial charge >= 0.3 is 11.9 Å². The maximum atomic E-state index is 12.8. The number of carbonyl (C=O) groups is 2. The smallest absolute Gasteiger partial charge is 0.306 e. The van der Waals surface area contributed by atoms with Gasteiger partial charge in [-0.25, -0.2) is 0 Å². The number of quaternary nitrogens is 1. The molecule has 0 radical (unpaired) electrons. The van der Waals surface area contributed by atoms with E-state index in [0.717, 1.165) is 116 Å². The largest absolute Gasteiger partial charge is 0.756 e. The van der Waals surface area contributed by atoms with E-state index in [2.05, 4.69) is 135 Å². The monoisotopic (exact) mass is 994 g/mol. The highest BCUT2D eigenvalue weighted by molar-refractivity contribution is 7.45. The van der Waals surface area contributed by atoms with E-state index in [9.17, 15) is 19.0 Å². The zero-order chi connectivity index (χ0) is 51.3. The van der Waals surface area contributed by atoms with Gasteiger partial charge in [0.1, 0.15) is 19.8 Å². The van der Waals surface area contributed by atoms with Gasteiger partial charge in [-0.3, -0.25) is 14.2 Å². The number of hydrogen-bond donors (Lipinski definition) is 0. The third-order valence-electron chi connectivity index (χ3n) is 11.0. The van der Waals surface area contributed by atoms with Crippen LogP contribution in [0.1, 0.15) is 194 Å². The number of esters is 2. The number of nitrogens with zero attached hydrogens (tertiary/aromatic N) is 1. The maximum Gasteiger partial charge on any atom is 0.306 e. The van der Waals surface area contributed by atoms with Gasteiger partial charge in [-0.15, -0.1) is 0 Å². The van der Waals surface area contributed by atoms with Gasteiger partial charge in [0.15, 0.2) is 6.10 Å². The van der Waals surface area contributed by atoms with Gasteiger partial charge in [0.2, 0.25) is 0 Å². The van der Waals surface area contributed by atoms with Gasteiger partial charge in [-0.1, -0.05) is 200 Å². The second-order valence-electron chi connectivity index (χ2n) is 18.8. The molecule has 0 N–H and O–H groups in total. The highest BCUT2D eigenvalue weighted by Gasteiger charge is 2.21. The molecule has 0 aliphatic carbocycles. The van der Waals surface area contributed by atoms with Crippen molar-refractivity contribution >= 4 is 19.8 Å². The Hall–Kier alpha value is -3.59. The molecule has 398 valence electrons. The molecule has 70 heavy (non-hydrogen) atoms. The lowest BCUT2D eigenvalue weighted by molar-refractivity contribution is -0.870. The van der Waals surface area contributed by atoms with Crippen LogP contribution in [0.4, 0.5) is 0 Å². The molecular weight excluding hydrogens is 894 g/mol. The molecule has 0 rings (SSSR count). The number of ether oxygens (including phenoxy) is 2. The summed E-state index contributed by atoms with van der Waals surface area (Å²) in [6, 6.07) is 0. The maximum absolute atomic E-state index is 12.8. The molecule has 0 aliphatic heterocycles. The van der Waals surface area contributed by atoms with Crippen molar-refractivity contribution < 1.29 is 42.1 Å². The summed E-state index contributed by atoms with van der Waals surface area (Å²) < 4.78 is 34.1. The van der Waals surface area contributed by atoms with Crippen LogP contribution in [0.2, 0.25) is 0 Å². The van der Waals surface area contributed by atoms with Crippen molar-refractivity contribution in [3.63, 3.8) is 0 Å². The minimum Gasteiger partial charge on any atom is -0.756 e. The molecule has 0 aromatic rings. The molecule has 0 fully saturated rings. The molecule has 0 aliphatic rings. The van der Waals surface area contributed by atoms with Gasteiger partial charge in [-0.05, 0) is 103 Å². The number of likely N-dealkylation sites (N-methyl/N-ethyl adjacent to an activating group) is 1. The number of phosphoric acid groups is 1. The molecule has 0 bridgehead atoms. The summed E-state index contributed by atoms with van der Waals surface area (Å²) in [6.07, 6.45) is 70.9. The van der Waals surface area contributed by atoms with Crippen LogP contribution >= 0.6 is 7.82 Å². The summed E-state index contributed by atoms with van der Waals surface area (Å²) >= 11 is 0. The molecule has 2 atom stereocenters. The molecule has 0 spiro atoms. The minimum atomic E-state index is -4.65. The number of unbranched alkanes of at least 4 members (excludes halogenated alkanes) is 14. The lowest BCUT2D eigenvalue weighted by Gasteiger charge is -2.28. The first-order valence-electron chi connectivity index (χ1n) is 27.2. The lowest BCUT2D eigenvalue weighted by atomic mass is 10.0. The van der Waals surface area contributed by atoms with Crippen LogP contribution in [0.5, 0.6) is 0 Å². The molecule has 0 aromatic heterocycles. The fourth-order valence-electron chi connectivity index (χ4n) is 6.83. The molecular formula is C60H100NO8P. The van der Waals surface area contributed by atoms with E-state index in [4.69, 9.17) is 18.5 Å². The Bertz CT molecular complexity index is 1590. The number of hydrogen-bond acceptors (Lipinski definition) is 8. The van der Waals surface area contributed by atoms with E-state index in [1.807, 2.05) is 21.1 Å². The zero-order valence-corrected chi connectivity index (χ0v) is 45.8. The third-order valence-corrected chi connectivity index (χ3v) is 11.9. The van der Waals surface area contributed by atoms with Gasteiger partial charge in [0.25, 0.3) is 7.82 Å². The second kappa shape index (κ2) is 50.4. The van der Waals surface area contributed by atoms with E-state index in [1.54, 1.807) is 0 Å². The van der Waals surface area contributed by atoms with Crippen molar-refractivity contribution in [3.05, 3.63) is 122 Å². The average Bonchev–Trinajstić information content (AvgIpc) is 3.32. The Kier molecular flexibility index (Phi) is 47.8. The van der Waals surface area contributed by atoms with Gasteiger partial charge in [0, 0.05) is 12.8 Å². The van der Waals surface area contributed by atoms with E-state index >= 15 is 0 Å². The van der Waals surface area contributed by atoms with Crippen LogP contribution in [0.3, 0.4) is 0 Å². The van der Waals surface area contributed by atoms with Crippen LogP contribution in [0, 0.1) is 0 Å². The topological polar surface area (TPSA) is 111 Å². The molecule has 2 unspecified atom stereocenters. The summed E-state index contributed by atoms with van der Waals surface area (Å²) in [5, 5.41) is 0. The normalized spacial score (nSPS) is 14.3. The third kappa shape index (κ3) is 53.8. The summed E-state index contributed by atoms with van der Waals surface area (Å²) in [5.41, 5.74) is 0. The summed E-state index contributed by atoms with van der Waals surface area (Å²) in [5.74, 6) is -0.876. The van der Waals surface area contributed by atoms with Crippen LogP contribution in [-0.4, -0.2) is 70.0 Å². The van der Waals surface area contributed by atoms with Crippen molar-refractivity contribution in [2.75, 3.05) is 47.5 Å². The van der Waals surface area contributed by atoms with Crippen molar-refractivity contribution in [3.8, 4) is 0 Å². The van der Waals surface area contributed by atoms with Gasteiger partial charge in [0.05, 0.1) is 27.7 Å².